The number of hydrogen-bond acceptors (Lipinski definition) is 4. The number of carbonyl (C=O) groups is 1. The Morgan fingerprint density at radius 2 is 1.85 bits per heavy atom. The van der Waals surface area contributed by atoms with Crippen LogP contribution in [0.2, 0.25) is 0 Å². The van der Waals surface area contributed by atoms with E-state index in [-0.39, 0.29) is 11.4 Å². The number of ether oxygens (including phenoxy) is 1. The molecule has 0 aromatic rings. The van der Waals surface area contributed by atoms with Gasteiger partial charge in [-0.15, -0.1) is 0 Å². The maximum Gasteiger partial charge on any atom is 0.224 e. The number of guanidine groups is 1. The summed E-state index contributed by atoms with van der Waals surface area (Å²) in [6.45, 7) is 11.4. The van der Waals surface area contributed by atoms with Crippen LogP contribution in [0, 0.1) is 5.41 Å². The smallest absolute Gasteiger partial charge is 0.224 e. The number of carbonyl (C=O) groups excluding carboxylic acids is 1. The van der Waals surface area contributed by atoms with E-state index in [0.29, 0.717) is 6.54 Å². The molecule has 1 saturated carbocycles. The fourth-order valence-corrected chi connectivity index (χ4v) is 3.80. The van der Waals surface area contributed by atoms with Gasteiger partial charge in [-0.05, 0) is 33.6 Å². The summed E-state index contributed by atoms with van der Waals surface area (Å²) < 4.78 is 5.56. The monoisotopic (exact) mass is 367 g/mol. The molecule has 0 aromatic carbocycles. The summed E-state index contributed by atoms with van der Waals surface area (Å²) >= 11 is 0. The van der Waals surface area contributed by atoms with Gasteiger partial charge in [-0.3, -0.25) is 14.7 Å². The van der Waals surface area contributed by atoms with E-state index in [1.807, 2.05) is 13.8 Å². The molecule has 2 aliphatic rings. The number of rotatable bonds is 7. The van der Waals surface area contributed by atoms with Crippen LogP contribution in [-0.2, 0) is 9.53 Å². The van der Waals surface area contributed by atoms with Crippen LogP contribution in [0.25, 0.3) is 0 Å². The molecular weight excluding hydrogens is 330 g/mol. The van der Waals surface area contributed by atoms with E-state index in [1.165, 1.54) is 32.1 Å². The lowest BCUT2D eigenvalue weighted by Gasteiger charge is -2.48. The van der Waals surface area contributed by atoms with Crippen molar-refractivity contribution < 1.29 is 9.53 Å². The van der Waals surface area contributed by atoms with Crippen molar-refractivity contribution in [3.05, 3.63) is 0 Å². The van der Waals surface area contributed by atoms with Crippen molar-refractivity contribution in [2.75, 3.05) is 45.9 Å². The molecule has 1 aliphatic heterocycles. The maximum absolute atomic E-state index is 11.5. The second-order valence-electron chi connectivity index (χ2n) is 8.18. The Bertz CT molecular complexity index is 480. The SMILES string of the molecule is CCNC(=NCC(C)(C)C(N)=O)NCC1(N2CCOCC2)CCCCC1. The minimum Gasteiger partial charge on any atom is -0.379 e. The van der Waals surface area contributed by atoms with E-state index in [2.05, 4.69) is 27.4 Å². The van der Waals surface area contributed by atoms with Crippen molar-refractivity contribution in [1.29, 1.82) is 0 Å². The number of amides is 1. The standard InChI is InChI=1S/C19H37N5O2/c1-4-21-17(22-14-18(2,3)16(20)25)23-15-19(8-6-5-7-9-19)24-10-12-26-13-11-24/h4-15H2,1-3H3,(H2,20,25)(H2,21,22,23). The summed E-state index contributed by atoms with van der Waals surface area (Å²) in [5.41, 5.74) is 5.01. The van der Waals surface area contributed by atoms with E-state index in [0.717, 1.165) is 45.4 Å². The summed E-state index contributed by atoms with van der Waals surface area (Å²) in [7, 11) is 0. The topological polar surface area (TPSA) is 92.0 Å². The van der Waals surface area contributed by atoms with Crippen LogP contribution < -0.4 is 16.4 Å². The molecule has 4 N–H and O–H groups in total. The first-order chi connectivity index (χ1) is 12.4. The van der Waals surface area contributed by atoms with Crippen LogP contribution in [-0.4, -0.2) is 68.2 Å². The molecule has 0 unspecified atom stereocenters. The quantitative estimate of drug-likeness (QED) is 0.463. The zero-order valence-electron chi connectivity index (χ0n) is 16.8. The molecular formula is C19H37N5O2. The third-order valence-corrected chi connectivity index (χ3v) is 5.69. The molecule has 7 heteroatoms. The minimum absolute atomic E-state index is 0.178. The zero-order valence-corrected chi connectivity index (χ0v) is 16.8. The summed E-state index contributed by atoms with van der Waals surface area (Å²) in [6, 6.07) is 0. The molecule has 2 rings (SSSR count). The molecule has 0 radical (unpaired) electrons. The van der Waals surface area contributed by atoms with Crippen molar-refractivity contribution in [3.8, 4) is 0 Å². The van der Waals surface area contributed by atoms with E-state index in [1.54, 1.807) is 0 Å². The molecule has 1 saturated heterocycles. The molecule has 1 aliphatic carbocycles. The average Bonchev–Trinajstić information content (AvgIpc) is 2.65. The Morgan fingerprint density at radius 3 is 2.42 bits per heavy atom. The summed E-state index contributed by atoms with van der Waals surface area (Å²) in [4.78, 5) is 18.8. The molecule has 7 nitrogen and oxygen atoms in total. The maximum atomic E-state index is 11.5. The number of aliphatic imine (C=N–C) groups is 1. The number of primary amides is 1. The van der Waals surface area contributed by atoms with Gasteiger partial charge >= 0.3 is 0 Å². The molecule has 1 heterocycles. The highest BCUT2D eigenvalue weighted by Crippen LogP contribution is 2.33. The largest absolute Gasteiger partial charge is 0.379 e. The number of nitrogens with zero attached hydrogens (tertiary/aromatic N) is 2. The van der Waals surface area contributed by atoms with Gasteiger partial charge in [0.1, 0.15) is 0 Å². The average molecular weight is 368 g/mol. The highest BCUT2D eigenvalue weighted by molar-refractivity contribution is 5.82. The summed E-state index contributed by atoms with van der Waals surface area (Å²) in [5, 5.41) is 6.84. The van der Waals surface area contributed by atoms with Gasteiger partial charge in [-0.2, -0.15) is 0 Å². The number of nitrogens with one attached hydrogen (secondary N) is 2. The minimum atomic E-state index is -0.644. The fraction of sp³-hybridized carbons (Fsp3) is 0.895. The van der Waals surface area contributed by atoms with Crippen molar-refractivity contribution in [3.63, 3.8) is 0 Å². The van der Waals surface area contributed by atoms with Gasteiger partial charge in [0, 0.05) is 31.7 Å². The molecule has 150 valence electrons. The second-order valence-corrected chi connectivity index (χ2v) is 8.18. The van der Waals surface area contributed by atoms with Crippen molar-refractivity contribution in [2.45, 2.75) is 58.4 Å². The van der Waals surface area contributed by atoms with Crippen LogP contribution >= 0.6 is 0 Å². The first-order valence-electron chi connectivity index (χ1n) is 10.0. The first-order valence-corrected chi connectivity index (χ1v) is 10.0. The molecule has 2 fully saturated rings. The third-order valence-electron chi connectivity index (χ3n) is 5.69. The lowest BCUT2D eigenvalue weighted by atomic mass is 9.80. The Kier molecular flexibility index (Phi) is 7.70. The van der Waals surface area contributed by atoms with Gasteiger partial charge in [0.05, 0.1) is 25.2 Å². The summed E-state index contributed by atoms with van der Waals surface area (Å²) in [5.74, 6) is 0.439. The van der Waals surface area contributed by atoms with Crippen molar-refractivity contribution >= 4 is 11.9 Å². The first kappa shape index (κ1) is 21.0. The normalized spacial score (nSPS) is 22.0. The van der Waals surface area contributed by atoms with Crippen LogP contribution in [0.5, 0.6) is 0 Å². The molecule has 0 atom stereocenters. The molecule has 1 amide bonds. The fourth-order valence-electron chi connectivity index (χ4n) is 3.80. The highest BCUT2D eigenvalue weighted by atomic mass is 16.5. The van der Waals surface area contributed by atoms with Crippen molar-refractivity contribution in [1.82, 2.24) is 15.5 Å². The van der Waals surface area contributed by atoms with Gasteiger partial charge in [-0.1, -0.05) is 19.3 Å². The van der Waals surface area contributed by atoms with Gasteiger partial charge < -0.3 is 21.1 Å². The van der Waals surface area contributed by atoms with Crippen LogP contribution in [0.1, 0.15) is 52.9 Å². The van der Waals surface area contributed by atoms with Gasteiger partial charge in [0.25, 0.3) is 0 Å². The predicted molar refractivity (Wildman–Crippen MR) is 105 cm³/mol. The Hall–Kier alpha value is -1.34. The Balaban J connectivity index is 2.04. The molecule has 0 bridgehead atoms. The Morgan fingerprint density at radius 1 is 1.19 bits per heavy atom. The summed E-state index contributed by atoms with van der Waals surface area (Å²) in [6.07, 6.45) is 6.31. The van der Waals surface area contributed by atoms with E-state index in [4.69, 9.17) is 10.5 Å². The lowest BCUT2D eigenvalue weighted by Crippen LogP contribution is -2.60. The van der Waals surface area contributed by atoms with Crippen LogP contribution in [0.15, 0.2) is 4.99 Å². The number of hydrogen-bond donors (Lipinski definition) is 3. The molecule has 0 aromatic heterocycles. The third kappa shape index (κ3) is 5.58. The van der Waals surface area contributed by atoms with E-state index in [9.17, 15) is 4.79 Å². The van der Waals surface area contributed by atoms with Gasteiger partial charge in [0.2, 0.25) is 5.91 Å². The van der Waals surface area contributed by atoms with E-state index >= 15 is 0 Å². The Labute approximate surface area is 158 Å². The second kappa shape index (κ2) is 9.55. The van der Waals surface area contributed by atoms with E-state index < -0.39 is 5.41 Å². The van der Waals surface area contributed by atoms with Crippen molar-refractivity contribution in [2.24, 2.45) is 16.1 Å². The lowest BCUT2D eigenvalue weighted by molar-refractivity contribution is -0.125. The van der Waals surface area contributed by atoms with Gasteiger partial charge in [0.15, 0.2) is 5.96 Å². The van der Waals surface area contributed by atoms with Crippen LogP contribution in [0.3, 0.4) is 0 Å². The zero-order chi connectivity index (χ0) is 19.0. The molecule has 26 heavy (non-hydrogen) atoms. The number of morpholine rings is 1. The number of nitrogens with two attached hydrogens (primary N) is 1. The molecule has 0 spiro atoms. The predicted octanol–water partition coefficient (Wildman–Crippen LogP) is 1.09. The van der Waals surface area contributed by atoms with Gasteiger partial charge in [-0.25, -0.2) is 0 Å². The highest BCUT2D eigenvalue weighted by Gasteiger charge is 2.38. The van der Waals surface area contributed by atoms with Crippen LogP contribution in [0.4, 0.5) is 0 Å².